The van der Waals surface area contributed by atoms with Crippen molar-refractivity contribution in [3.63, 3.8) is 0 Å². The van der Waals surface area contributed by atoms with Gasteiger partial charge in [0.25, 0.3) is 0 Å². The van der Waals surface area contributed by atoms with Crippen LogP contribution >= 0.6 is 23.2 Å². The molecule has 1 aromatic rings. The third kappa shape index (κ3) is 3.91. The second-order valence-electron chi connectivity index (χ2n) is 3.68. The van der Waals surface area contributed by atoms with E-state index in [9.17, 15) is 9.59 Å². The third-order valence-corrected chi connectivity index (χ3v) is 2.46. The molecule has 0 aliphatic heterocycles. The van der Waals surface area contributed by atoms with Crippen LogP contribution in [0, 0.1) is 0 Å². The zero-order valence-corrected chi connectivity index (χ0v) is 10.9. The smallest absolute Gasteiger partial charge is 0.313 e. The molecule has 0 saturated heterocycles. The van der Waals surface area contributed by atoms with E-state index in [4.69, 9.17) is 23.2 Å². The topological polar surface area (TPSA) is 58.2 Å². The zero-order valence-electron chi connectivity index (χ0n) is 9.38. The van der Waals surface area contributed by atoms with Crippen LogP contribution in [0.3, 0.4) is 0 Å². The Morgan fingerprint density at radius 2 is 1.65 bits per heavy atom. The molecule has 0 radical (unpaired) electrons. The van der Waals surface area contributed by atoms with E-state index in [1.807, 2.05) is 0 Å². The Bertz CT molecular complexity index is 427. The van der Waals surface area contributed by atoms with Gasteiger partial charge < -0.3 is 10.6 Å². The molecule has 2 amide bonds. The standard InChI is InChI=1S/C11H12Cl2N2O2/c1-6(2)14-10(16)11(17)15-9-7(12)4-3-5-8(9)13/h3-6H,1-2H3,(H,14,16)(H,15,17). The minimum absolute atomic E-state index is 0.116. The summed E-state index contributed by atoms with van der Waals surface area (Å²) < 4.78 is 0. The summed E-state index contributed by atoms with van der Waals surface area (Å²) in [5.74, 6) is -1.52. The monoisotopic (exact) mass is 274 g/mol. The molecule has 2 N–H and O–H groups in total. The lowest BCUT2D eigenvalue weighted by molar-refractivity contribution is -0.136. The molecule has 0 heterocycles. The largest absolute Gasteiger partial charge is 0.346 e. The Balaban J connectivity index is 2.78. The quantitative estimate of drug-likeness (QED) is 0.814. The maximum atomic E-state index is 11.5. The molecule has 0 unspecified atom stereocenters. The molecule has 4 nitrogen and oxygen atoms in total. The molecule has 0 aliphatic carbocycles. The molecule has 92 valence electrons. The lowest BCUT2D eigenvalue weighted by atomic mass is 10.3. The first-order chi connectivity index (χ1) is 7.91. The van der Waals surface area contributed by atoms with E-state index in [-0.39, 0.29) is 21.8 Å². The highest BCUT2D eigenvalue weighted by molar-refractivity contribution is 6.44. The van der Waals surface area contributed by atoms with Gasteiger partial charge in [0.1, 0.15) is 0 Å². The molecule has 0 atom stereocenters. The van der Waals surface area contributed by atoms with E-state index in [0.717, 1.165) is 0 Å². The van der Waals surface area contributed by atoms with Gasteiger partial charge in [0.2, 0.25) is 0 Å². The van der Waals surface area contributed by atoms with E-state index in [1.54, 1.807) is 32.0 Å². The molecule has 1 rings (SSSR count). The summed E-state index contributed by atoms with van der Waals surface area (Å²) in [6, 6.07) is 4.68. The molecule has 0 fully saturated rings. The molecule has 1 aromatic carbocycles. The maximum Gasteiger partial charge on any atom is 0.313 e. The van der Waals surface area contributed by atoms with E-state index in [2.05, 4.69) is 10.6 Å². The summed E-state index contributed by atoms with van der Waals surface area (Å²) in [5, 5.41) is 5.39. The Morgan fingerprint density at radius 3 is 2.12 bits per heavy atom. The molecule has 0 bridgehead atoms. The van der Waals surface area contributed by atoms with Gasteiger partial charge in [-0.25, -0.2) is 0 Å². The number of carbonyl (C=O) groups is 2. The molecule has 6 heteroatoms. The summed E-state index contributed by atoms with van der Waals surface area (Å²) in [6.07, 6.45) is 0. The van der Waals surface area contributed by atoms with Gasteiger partial charge in [-0.05, 0) is 26.0 Å². The molecule has 17 heavy (non-hydrogen) atoms. The van der Waals surface area contributed by atoms with Crippen LogP contribution in [0.1, 0.15) is 13.8 Å². The number of amides is 2. The van der Waals surface area contributed by atoms with E-state index >= 15 is 0 Å². The van der Waals surface area contributed by atoms with Crippen molar-refractivity contribution >= 4 is 40.7 Å². The highest BCUT2D eigenvalue weighted by Crippen LogP contribution is 2.29. The number of anilines is 1. The zero-order chi connectivity index (χ0) is 13.0. The molecule has 0 aliphatic rings. The molecule has 0 spiro atoms. The first-order valence-corrected chi connectivity index (χ1v) is 5.73. The van der Waals surface area contributed by atoms with Crippen LogP contribution in [-0.2, 0) is 9.59 Å². The van der Waals surface area contributed by atoms with Crippen molar-refractivity contribution in [2.75, 3.05) is 5.32 Å². The average Bonchev–Trinajstić information content (AvgIpc) is 2.22. The first-order valence-electron chi connectivity index (χ1n) is 4.97. The minimum Gasteiger partial charge on any atom is -0.346 e. The molecule has 0 saturated carbocycles. The second-order valence-corrected chi connectivity index (χ2v) is 4.49. The highest BCUT2D eigenvalue weighted by Gasteiger charge is 2.17. The van der Waals surface area contributed by atoms with Crippen LogP contribution in [0.5, 0.6) is 0 Å². The van der Waals surface area contributed by atoms with Crippen LogP contribution < -0.4 is 10.6 Å². The Hall–Kier alpha value is -1.26. The van der Waals surface area contributed by atoms with Crippen molar-refractivity contribution in [3.05, 3.63) is 28.2 Å². The Morgan fingerprint density at radius 1 is 1.12 bits per heavy atom. The van der Waals surface area contributed by atoms with Crippen LogP contribution in [-0.4, -0.2) is 17.9 Å². The van der Waals surface area contributed by atoms with Gasteiger partial charge in [0, 0.05) is 6.04 Å². The predicted octanol–water partition coefficient (Wildman–Crippen LogP) is 2.46. The van der Waals surface area contributed by atoms with Gasteiger partial charge >= 0.3 is 11.8 Å². The Labute approximate surface area is 109 Å². The van der Waals surface area contributed by atoms with Crippen molar-refractivity contribution in [2.24, 2.45) is 0 Å². The van der Waals surface area contributed by atoms with Crippen LogP contribution in [0.2, 0.25) is 10.0 Å². The third-order valence-electron chi connectivity index (χ3n) is 1.83. The van der Waals surface area contributed by atoms with E-state index < -0.39 is 11.8 Å². The van der Waals surface area contributed by atoms with Crippen LogP contribution in [0.4, 0.5) is 5.69 Å². The van der Waals surface area contributed by atoms with E-state index in [1.165, 1.54) is 0 Å². The first kappa shape index (κ1) is 13.8. The number of hydrogen-bond donors (Lipinski definition) is 2. The summed E-state index contributed by atoms with van der Waals surface area (Å²) in [6.45, 7) is 3.52. The van der Waals surface area contributed by atoms with Gasteiger partial charge in [-0.2, -0.15) is 0 Å². The van der Waals surface area contributed by atoms with Crippen molar-refractivity contribution in [1.29, 1.82) is 0 Å². The normalized spacial score (nSPS) is 10.2. The lowest BCUT2D eigenvalue weighted by Gasteiger charge is -2.10. The SMILES string of the molecule is CC(C)NC(=O)C(=O)Nc1c(Cl)cccc1Cl. The summed E-state index contributed by atoms with van der Waals surface area (Å²) in [4.78, 5) is 22.9. The molecular formula is C11H12Cl2N2O2. The fraction of sp³-hybridized carbons (Fsp3) is 0.273. The predicted molar refractivity (Wildman–Crippen MR) is 68.4 cm³/mol. The number of para-hydroxylation sites is 1. The molecular weight excluding hydrogens is 263 g/mol. The van der Waals surface area contributed by atoms with Crippen molar-refractivity contribution in [1.82, 2.24) is 5.32 Å². The number of rotatable bonds is 2. The number of benzene rings is 1. The summed E-state index contributed by atoms with van der Waals surface area (Å²) in [7, 11) is 0. The van der Waals surface area contributed by atoms with Crippen LogP contribution in [0.15, 0.2) is 18.2 Å². The Kier molecular flexibility index (Phi) is 4.78. The van der Waals surface area contributed by atoms with Gasteiger partial charge in [-0.1, -0.05) is 29.3 Å². The van der Waals surface area contributed by atoms with E-state index in [0.29, 0.717) is 0 Å². The lowest BCUT2D eigenvalue weighted by Crippen LogP contribution is -2.39. The van der Waals surface area contributed by atoms with Gasteiger partial charge in [-0.15, -0.1) is 0 Å². The summed E-state index contributed by atoms with van der Waals surface area (Å²) >= 11 is 11.7. The molecule has 0 aromatic heterocycles. The van der Waals surface area contributed by atoms with Crippen molar-refractivity contribution < 1.29 is 9.59 Å². The number of carbonyl (C=O) groups excluding carboxylic acids is 2. The minimum atomic E-state index is -0.797. The fourth-order valence-corrected chi connectivity index (χ4v) is 1.61. The van der Waals surface area contributed by atoms with Crippen LogP contribution in [0.25, 0.3) is 0 Å². The maximum absolute atomic E-state index is 11.5. The second kappa shape index (κ2) is 5.89. The fourth-order valence-electron chi connectivity index (χ4n) is 1.12. The van der Waals surface area contributed by atoms with Crippen molar-refractivity contribution in [2.45, 2.75) is 19.9 Å². The number of hydrogen-bond acceptors (Lipinski definition) is 2. The van der Waals surface area contributed by atoms with Crippen molar-refractivity contribution in [3.8, 4) is 0 Å². The summed E-state index contributed by atoms with van der Waals surface area (Å²) in [5.41, 5.74) is 0.236. The van der Waals surface area contributed by atoms with Gasteiger partial charge in [0.05, 0.1) is 15.7 Å². The highest BCUT2D eigenvalue weighted by atomic mass is 35.5. The number of halogens is 2. The average molecular weight is 275 g/mol. The van der Waals surface area contributed by atoms with Gasteiger partial charge in [-0.3, -0.25) is 9.59 Å². The number of nitrogens with one attached hydrogen (secondary N) is 2. The van der Waals surface area contributed by atoms with Gasteiger partial charge in [0.15, 0.2) is 0 Å².